The molecule has 0 spiro atoms. The number of thioether (sulfide) groups is 1. The van der Waals surface area contributed by atoms with Crippen LogP contribution in [-0.2, 0) is 4.74 Å². The van der Waals surface area contributed by atoms with Gasteiger partial charge in [-0.1, -0.05) is 0 Å². The molecule has 1 atom stereocenters. The molecule has 0 aromatic carbocycles. The first kappa shape index (κ1) is 10.7. The average molecular weight is 203 g/mol. The molecular formula is C9H17NO2S. The minimum Gasteiger partial charge on any atom is -0.447 e. The van der Waals surface area contributed by atoms with Gasteiger partial charge in [-0.3, -0.25) is 0 Å². The molecule has 0 aliphatic carbocycles. The Balaban J connectivity index is 2.36. The highest BCUT2D eigenvalue weighted by atomic mass is 32.2. The van der Waals surface area contributed by atoms with Crippen molar-refractivity contribution >= 4 is 17.9 Å². The van der Waals surface area contributed by atoms with Crippen LogP contribution in [0.1, 0.15) is 20.3 Å². The van der Waals surface area contributed by atoms with Gasteiger partial charge in [-0.15, -0.1) is 0 Å². The van der Waals surface area contributed by atoms with Gasteiger partial charge in [0.15, 0.2) is 0 Å². The summed E-state index contributed by atoms with van der Waals surface area (Å²) >= 11 is 1.90. The lowest BCUT2D eigenvalue weighted by molar-refractivity contribution is 0.0753. The molecule has 0 aromatic rings. The molecule has 0 saturated carbocycles. The Hall–Kier alpha value is -0.380. The maximum atomic E-state index is 11.4. The molecule has 1 unspecified atom stereocenters. The molecule has 76 valence electrons. The number of ether oxygens (including phenoxy) is 1. The van der Waals surface area contributed by atoms with Crippen LogP contribution in [0, 0.1) is 0 Å². The molecule has 1 rings (SSSR count). The van der Waals surface area contributed by atoms with Gasteiger partial charge < -0.3 is 9.64 Å². The van der Waals surface area contributed by atoms with Gasteiger partial charge in [0.2, 0.25) is 0 Å². The number of amides is 1. The van der Waals surface area contributed by atoms with Crippen molar-refractivity contribution in [3.8, 4) is 0 Å². The van der Waals surface area contributed by atoms with Crippen LogP contribution < -0.4 is 0 Å². The second kappa shape index (κ2) is 4.74. The fraction of sp³-hybridized carbons (Fsp3) is 0.889. The lowest BCUT2D eigenvalue weighted by Crippen LogP contribution is -2.38. The van der Waals surface area contributed by atoms with Crippen LogP contribution >= 0.6 is 11.8 Å². The summed E-state index contributed by atoms with van der Waals surface area (Å²) in [6.07, 6.45) is 0.875. The van der Waals surface area contributed by atoms with E-state index in [2.05, 4.69) is 0 Å². The van der Waals surface area contributed by atoms with Crippen LogP contribution in [0.3, 0.4) is 0 Å². The summed E-state index contributed by atoms with van der Waals surface area (Å²) in [5.41, 5.74) is 0. The average Bonchev–Trinajstić information content (AvgIpc) is 2.53. The van der Waals surface area contributed by atoms with E-state index in [1.54, 1.807) is 4.90 Å². The van der Waals surface area contributed by atoms with E-state index < -0.39 is 0 Å². The van der Waals surface area contributed by atoms with Gasteiger partial charge in [-0.2, -0.15) is 11.8 Å². The maximum Gasteiger partial charge on any atom is 0.410 e. The van der Waals surface area contributed by atoms with Crippen molar-refractivity contribution in [1.82, 2.24) is 4.90 Å². The van der Waals surface area contributed by atoms with Crippen molar-refractivity contribution in [1.29, 1.82) is 0 Å². The van der Waals surface area contributed by atoms with Crippen LogP contribution in [-0.4, -0.2) is 41.7 Å². The highest BCUT2D eigenvalue weighted by Crippen LogP contribution is 2.21. The van der Waals surface area contributed by atoms with E-state index in [4.69, 9.17) is 4.74 Å². The van der Waals surface area contributed by atoms with Gasteiger partial charge in [0.25, 0.3) is 0 Å². The fourth-order valence-electron chi connectivity index (χ4n) is 1.26. The normalized spacial score (nSPS) is 22.0. The number of nitrogens with zero attached hydrogens (tertiary/aromatic N) is 1. The van der Waals surface area contributed by atoms with Crippen molar-refractivity contribution in [2.45, 2.75) is 32.4 Å². The van der Waals surface area contributed by atoms with E-state index in [1.165, 1.54) is 0 Å². The molecule has 3 nitrogen and oxygen atoms in total. The number of carbonyl (C=O) groups is 1. The summed E-state index contributed by atoms with van der Waals surface area (Å²) in [5.74, 6) is 2.20. The molecular weight excluding hydrogens is 186 g/mol. The van der Waals surface area contributed by atoms with Crippen LogP contribution in [0.15, 0.2) is 0 Å². The van der Waals surface area contributed by atoms with Gasteiger partial charge >= 0.3 is 6.09 Å². The number of hydrogen-bond donors (Lipinski definition) is 0. The Bertz CT molecular complexity index is 178. The van der Waals surface area contributed by atoms with Gasteiger partial charge in [0, 0.05) is 18.8 Å². The molecule has 0 bridgehead atoms. The van der Waals surface area contributed by atoms with E-state index in [9.17, 15) is 4.79 Å². The highest BCUT2D eigenvalue weighted by Gasteiger charge is 2.24. The molecule has 1 aliphatic heterocycles. The van der Waals surface area contributed by atoms with E-state index in [-0.39, 0.29) is 12.2 Å². The Morgan fingerprint density at radius 2 is 2.31 bits per heavy atom. The van der Waals surface area contributed by atoms with Crippen LogP contribution in [0.5, 0.6) is 0 Å². The molecule has 1 heterocycles. The molecule has 1 saturated heterocycles. The molecule has 13 heavy (non-hydrogen) atoms. The van der Waals surface area contributed by atoms with Crippen molar-refractivity contribution in [2.75, 3.05) is 18.6 Å². The third-order valence-electron chi connectivity index (χ3n) is 2.08. The number of rotatable bonds is 2. The Kier molecular flexibility index (Phi) is 3.90. The SMILES string of the molecule is CC(C)OC(=O)N(C)C1CCSC1. The monoisotopic (exact) mass is 203 g/mol. The second-order valence-corrected chi connectivity index (χ2v) is 4.71. The summed E-state index contributed by atoms with van der Waals surface area (Å²) in [5, 5.41) is 0. The van der Waals surface area contributed by atoms with E-state index >= 15 is 0 Å². The van der Waals surface area contributed by atoms with E-state index in [0.29, 0.717) is 6.04 Å². The predicted octanol–water partition coefficient (Wildman–Crippen LogP) is 1.97. The molecule has 1 amide bonds. The van der Waals surface area contributed by atoms with Crippen LogP contribution in [0.4, 0.5) is 4.79 Å². The standard InChI is InChI=1S/C9H17NO2S/c1-7(2)12-9(11)10(3)8-4-5-13-6-8/h7-8H,4-6H2,1-3H3. The molecule has 0 N–H and O–H groups in total. The Morgan fingerprint density at radius 1 is 1.62 bits per heavy atom. The first-order valence-electron chi connectivity index (χ1n) is 4.62. The van der Waals surface area contributed by atoms with E-state index in [0.717, 1.165) is 17.9 Å². The van der Waals surface area contributed by atoms with Gasteiger partial charge in [-0.05, 0) is 26.0 Å². The van der Waals surface area contributed by atoms with Crippen LogP contribution in [0.2, 0.25) is 0 Å². The zero-order valence-corrected chi connectivity index (χ0v) is 9.26. The Morgan fingerprint density at radius 3 is 2.77 bits per heavy atom. The summed E-state index contributed by atoms with van der Waals surface area (Å²) in [6.45, 7) is 3.74. The highest BCUT2D eigenvalue weighted by molar-refractivity contribution is 7.99. The topological polar surface area (TPSA) is 29.5 Å². The van der Waals surface area contributed by atoms with Crippen molar-refractivity contribution in [2.24, 2.45) is 0 Å². The minimum absolute atomic E-state index is 0.0241. The molecule has 0 aromatic heterocycles. The van der Waals surface area contributed by atoms with Gasteiger partial charge in [-0.25, -0.2) is 4.79 Å². The summed E-state index contributed by atoms with van der Waals surface area (Å²) in [4.78, 5) is 13.2. The van der Waals surface area contributed by atoms with Crippen molar-refractivity contribution < 1.29 is 9.53 Å². The largest absolute Gasteiger partial charge is 0.447 e. The smallest absolute Gasteiger partial charge is 0.410 e. The minimum atomic E-state index is -0.192. The van der Waals surface area contributed by atoms with Crippen LogP contribution in [0.25, 0.3) is 0 Å². The summed E-state index contributed by atoms with van der Waals surface area (Å²) in [6, 6.07) is 0.372. The molecule has 1 aliphatic rings. The lowest BCUT2D eigenvalue weighted by atomic mass is 10.2. The number of carbonyl (C=O) groups excluding carboxylic acids is 1. The van der Waals surface area contributed by atoms with Crippen molar-refractivity contribution in [3.63, 3.8) is 0 Å². The zero-order chi connectivity index (χ0) is 9.84. The van der Waals surface area contributed by atoms with Crippen molar-refractivity contribution in [3.05, 3.63) is 0 Å². The number of hydrogen-bond acceptors (Lipinski definition) is 3. The van der Waals surface area contributed by atoms with Gasteiger partial charge in [0.05, 0.1) is 6.10 Å². The third kappa shape index (κ3) is 3.10. The fourth-order valence-corrected chi connectivity index (χ4v) is 2.53. The predicted molar refractivity (Wildman–Crippen MR) is 55.1 cm³/mol. The van der Waals surface area contributed by atoms with E-state index in [1.807, 2.05) is 32.7 Å². The first-order chi connectivity index (χ1) is 6.11. The third-order valence-corrected chi connectivity index (χ3v) is 3.22. The first-order valence-corrected chi connectivity index (χ1v) is 5.78. The molecule has 4 heteroatoms. The summed E-state index contributed by atoms with van der Waals surface area (Å²) in [7, 11) is 1.82. The second-order valence-electron chi connectivity index (χ2n) is 3.56. The molecule has 1 fully saturated rings. The zero-order valence-electron chi connectivity index (χ0n) is 8.45. The quantitative estimate of drug-likeness (QED) is 0.687. The van der Waals surface area contributed by atoms with Gasteiger partial charge in [0.1, 0.15) is 0 Å². The Labute approximate surface area is 83.8 Å². The molecule has 0 radical (unpaired) electrons. The lowest BCUT2D eigenvalue weighted by Gasteiger charge is -2.24. The maximum absolute atomic E-state index is 11.4. The summed E-state index contributed by atoms with van der Waals surface area (Å²) < 4.78 is 5.10.